The van der Waals surface area contributed by atoms with Crippen LogP contribution in [0.25, 0.3) is 11.0 Å². The molecule has 1 unspecified atom stereocenters. The zero-order chi connectivity index (χ0) is 14.1. The lowest BCUT2D eigenvalue weighted by Gasteiger charge is -2.13. The van der Waals surface area contributed by atoms with Crippen molar-refractivity contribution in [2.24, 2.45) is 0 Å². The van der Waals surface area contributed by atoms with Gasteiger partial charge in [-0.3, -0.25) is 0 Å². The van der Waals surface area contributed by atoms with Gasteiger partial charge >= 0.3 is 0 Å². The maximum atomic E-state index is 13.7. The highest BCUT2D eigenvalue weighted by atomic mass is 19.1. The van der Waals surface area contributed by atoms with Gasteiger partial charge < -0.3 is 16.0 Å². The number of nitrogens with one attached hydrogen (secondary N) is 2. The van der Waals surface area contributed by atoms with Crippen LogP contribution in [0.3, 0.4) is 0 Å². The van der Waals surface area contributed by atoms with Crippen LogP contribution in [-0.4, -0.2) is 9.97 Å². The first-order chi connectivity index (χ1) is 9.63. The van der Waals surface area contributed by atoms with E-state index in [0.29, 0.717) is 17.2 Å². The van der Waals surface area contributed by atoms with Gasteiger partial charge in [-0.25, -0.2) is 9.37 Å². The van der Waals surface area contributed by atoms with Crippen molar-refractivity contribution in [2.75, 3.05) is 11.1 Å². The topological polar surface area (TPSA) is 66.7 Å². The standard InChI is InChI=1S/C15H15FN4/c1-9(11-4-2-3-5-12(11)16)18-15-19-13-7-6-10(17)8-14(13)20-15/h2-9H,17H2,1H3,(H2,18,19,20). The molecule has 0 bridgehead atoms. The number of nitrogens with two attached hydrogens (primary N) is 1. The zero-order valence-corrected chi connectivity index (χ0v) is 11.0. The highest BCUT2D eigenvalue weighted by Crippen LogP contribution is 2.22. The minimum Gasteiger partial charge on any atom is -0.399 e. The molecule has 5 heteroatoms. The molecule has 0 aliphatic heterocycles. The maximum absolute atomic E-state index is 13.7. The molecule has 0 aliphatic carbocycles. The summed E-state index contributed by atoms with van der Waals surface area (Å²) in [6.45, 7) is 1.89. The largest absolute Gasteiger partial charge is 0.399 e. The molecule has 102 valence electrons. The van der Waals surface area contributed by atoms with Crippen LogP contribution < -0.4 is 11.1 Å². The van der Waals surface area contributed by atoms with Crippen LogP contribution in [0.2, 0.25) is 0 Å². The number of hydrogen-bond acceptors (Lipinski definition) is 3. The molecule has 0 saturated heterocycles. The van der Waals surface area contributed by atoms with Crippen LogP contribution in [0.5, 0.6) is 0 Å². The minimum atomic E-state index is -0.229. The molecule has 2 aromatic carbocycles. The van der Waals surface area contributed by atoms with Crippen LogP contribution in [0.15, 0.2) is 42.5 Å². The SMILES string of the molecule is CC(Nc1nc2ccc(N)cc2[nH]1)c1ccccc1F. The molecular formula is C15H15FN4. The Labute approximate surface area is 115 Å². The van der Waals surface area contributed by atoms with Crippen molar-refractivity contribution in [2.45, 2.75) is 13.0 Å². The number of nitrogen functional groups attached to an aromatic ring is 1. The van der Waals surface area contributed by atoms with E-state index in [-0.39, 0.29) is 11.9 Å². The number of fused-ring (bicyclic) bond motifs is 1. The van der Waals surface area contributed by atoms with E-state index in [4.69, 9.17) is 5.73 Å². The highest BCUT2D eigenvalue weighted by molar-refractivity contribution is 5.80. The third-order valence-electron chi connectivity index (χ3n) is 3.23. The molecular weight excluding hydrogens is 255 g/mol. The number of aromatic nitrogens is 2. The number of halogens is 1. The van der Waals surface area contributed by atoms with Crippen molar-refractivity contribution in [3.8, 4) is 0 Å². The first-order valence-electron chi connectivity index (χ1n) is 6.39. The quantitative estimate of drug-likeness (QED) is 0.638. The first kappa shape index (κ1) is 12.5. The van der Waals surface area contributed by atoms with Crippen molar-refractivity contribution < 1.29 is 4.39 Å². The van der Waals surface area contributed by atoms with E-state index in [2.05, 4.69) is 15.3 Å². The second-order valence-electron chi connectivity index (χ2n) is 4.75. The zero-order valence-electron chi connectivity index (χ0n) is 11.0. The molecule has 1 heterocycles. The van der Waals surface area contributed by atoms with Crippen LogP contribution in [0, 0.1) is 5.82 Å². The minimum absolute atomic E-state index is 0.186. The van der Waals surface area contributed by atoms with Crippen molar-refractivity contribution in [3.05, 3.63) is 53.8 Å². The molecule has 0 radical (unpaired) electrons. The molecule has 0 amide bonds. The number of aromatic amines is 1. The lowest BCUT2D eigenvalue weighted by molar-refractivity contribution is 0.600. The van der Waals surface area contributed by atoms with Crippen LogP contribution >= 0.6 is 0 Å². The molecule has 0 aliphatic rings. The number of H-pyrrole nitrogens is 1. The predicted molar refractivity (Wildman–Crippen MR) is 78.9 cm³/mol. The Hall–Kier alpha value is -2.56. The van der Waals surface area contributed by atoms with E-state index in [1.165, 1.54) is 6.07 Å². The summed E-state index contributed by atoms with van der Waals surface area (Å²) in [6.07, 6.45) is 0. The van der Waals surface area contributed by atoms with E-state index in [0.717, 1.165) is 11.0 Å². The summed E-state index contributed by atoms with van der Waals surface area (Å²) in [6, 6.07) is 12.0. The van der Waals surface area contributed by atoms with Crippen molar-refractivity contribution in [1.82, 2.24) is 9.97 Å². The number of nitrogens with zero attached hydrogens (tertiary/aromatic N) is 1. The smallest absolute Gasteiger partial charge is 0.201 e. The van der Waals surface area contributed by atoms with Crippen molar-refractivity contribution in [3.63, 3.8) is 0 Å². The Morgan fingerprint density at radius 3 is 2.85 bits per heavy atom. The Kier molecular flexibility index (Phi) is 3.02. The van der Waals surface area contributed by atoms with Gasteiger partial charge in [0, 0.05) is 11.3 Å². The summed E-state index contributed by atoms with van der Waals surface area (Å²) in [5, 5.41) is 3.16. The normalized spacial score (nSPS) is 12.5. The summed E-state index contributed by atoms with van der Waals surface area (Å²) >= 11 is 0. The van der Waals surface area contributed by atoms with Crippen LogP contribution in [-0.2, 0) is 0 Å². The van der Waals surface area contributed by atoms with Gasteiger partial charge in [0.05, 0.1) is 17.1 Å². The highest BCUT2D eigenvalue weighted by Gasteiger charge is 2.12. The fourth-order valence-corrected chi connectivity index (χ4v) is 2.20. The van der Waals surface area contributed by atoms with Gasteiger partial charge in [-0.1, -0.05) is 18.2 Å². The third-order valence-corrected chi connectivity index (χ3v) is 3.23. The number of imidazole rings is 1. The van der Waals surface area contributed by atoms with Gasteiger partial charge in [0.1, 0.15) is 5.82 Å². The fourth-order valence-electron chi connectivity index (χ4n) is 2.20. The molecule has 20 heavy (non-hydrogen) atoms. The number of benzene rings is 2. The van der Waals surface area contributed by atoms with E-state index in [1.54, 1.807) is 18.2 Å². The van der Waals surface area contributed by atoms with Gasteiger partial charge in [0.25, 0.3) is 0 Å². The van der Waals surface area contributed by atoms with Gasteiger partial charge in [-0.2, -0.15) is 0 Å². The summed E-state index contributed by atoms with van der Waals surface area (Å²) in [7, 11) is 0. The number of hydrogen-bond donors (Lipinski definition) is 3. The number of rotatable bonds is 3. The Morgan fingerprint density at radius 2 is 2.05 bits per heavy atom. The van der Waals surface area contributed by atoms with Crippen molar-refractivity contribution >= 4 is 22.7 Å². The van der Waals surface area contributed by atoms with Crippen LogP contribution in [0.1, 0.15) is 18.5 Å². The van der Waals surface area contributed by atoms with E-state index in [1.807, 2.05) is 25.1 Å². The third kappa shape index (κ3) is 2.30. The predicted octanol–water partition coefficient (Wildman–Crippen LogP) is 3.46. The summed E-state index contributed by atoms with van der Waals surface area (Å²) in [4.78, 5) is 7.54. The molecule has 0 spiro atoms. The van der Waals surface area contributed by atoms with E-state index in [9.17, 15) is 4.39 Å². The average molecular weight is 270 g/mol. The average Bonchev–Trinajstić information content (AvgIpc) is 2.80. The second kappa shape index (κ2) is 4.85. The van der Waals surface area contributed by atoms with E-state index < -0.39 is 0 Å². The summed E-state index contributed by atoms with van der Waals surface area (Å²) in [5.74, 6) is 0.370. The van der Waals surface area contributed by atoms with E-state index >= 15 is 0 Å². The molecule has 0 saturated carbocycles. The molecule has 4 nitrogen and oxygen atoms in total. The van der Waals surface area contributed by atoms with Crippen LogP contribution in [0.4, 0.5) is 16.0 Å². The summed E-state index contributed by atoms with van der Waals surface area (Å²) < 4.78 is 13.7. The molecule has 1 aromatic heterocycles. The second-order valence-corrected chi connectivity index (χ2v) is 4.75. The Balaban J connectivity index is 1.87. The van der Waals surface area contributed by atoms with Crippen molar-refractivity contribution in [1.29, 1.82) is 0 Å². The Morgan fingerprint density at radius 1 is 1.25 bits per heavy atom. The molecule has 3 rings (SSSR count). The molecule has 0 fully saturated rings. The maximum Gasteiger partial charge on any atom is 0.201 e. The first-order valence-corrected chi connectivity index (χ1v) is 6.39. The Bertz CT molecular complexity index is 750. The van der Waals surface area contributed by atoms with Gasteiger partial charge in [0.15, 0.2) is 0 Å². The molecule has 3 aromatic rings. The van der Waals surface area contributed by atoms with Gasteiger partial charge in [-0.15, -0.1) is 0 Å². The van der Waals surface area contributed by atoms with Gasteiger partial charge in [-0.05, 0) is 31.2 Å². The van der Waals surface area contributed by atoms with Gasteiger partial charge in [0.2, 0.25) is 5.95 Å². The number of anilines is 2. The summed E-state index contributed by atoms with van der Waals surface area (Å²) in [5.41, 5.74) is 8.68. The molecule has 4 N–H and O–H groups in total. The lowest BCUT2D eigenvalue weighted by Crippen LogP contribution is -2.09. The fraction of sp³-hybridized carbons (Fsp3) is 0.133. The monoisotopic (exact) mass is 270 g/mol. The lowest BCUT2D eigenvalue weighted by atomic mass is 10.1. The molecule has 1 atom stereocenters.